The largest absolute Gasteiger partial charge is 0.416 e. The van der Waals surface area contributed by atoms with Gasteiger partial charge in [0.25, 0.3) is 5.91 Å². The normalized spacial score (nSPS) is 13.0. The van der Waals surface area contributed by atoms with Crippen LogP contribution in [-0.4, -0.2) is 27.4 Å². The number of aliphatic imine (C=N–C) groups is 1. The molecular formula is C19H16F6N6O. The van der Waals surface area contributed by atoms with Crippen LogP contribution in [-0.2, 0) is 17.1 Å². The first-order valence-corrected chi connectivity index (χ1v) is 8.68. The minimum atomic E-state index is -4.99. The molecule has 0 fully saturated rings. The van der Waals surface area contributed by atoms with Crippen molar-refractivity contribution in [1.82, 2.24) is 25.6 Å². The van der Waals surface area contributed by atoms with Crippen LogP contribution >= 0.6 is 0 Å². The van der Waals surface area contributed by atoms with Crippen molar-refractivity contribution >= 4 is 18.8 Å². The summed E-state index contributed by atoms with van der Waals surface area (Å²) in [7, 11) is 0. The molecule has 32 heavy (non-hydrogen) atoms. The van der Waals surface area contributed by atoms with E-state index in [2.05, 4.69) is 32.6 Å². The maximum absolute atomic E-state index is 13.0. The number of amides is 1. The van der Waals surface area contributed by atoms with Crippen LogP contribution in [0.25, 0.3) is 17.6 Å². The molecule has 0 spiro atoms. The second-order valence-electron chi connectivity index (χ2n) is 6.02. The van der Waals surface area contributed by atoms with Crippen LogP contribution < -0.4 is 10.9 Å². The first-order valence-electron chi connectivity index (χ1n) is 8.68. The third-order valence-electron chi connectivity index (χ3n) is 3.73. The number of carbonyl (C=O) groups is 1. The Morgan fingerprint density at radius 2 is 1.69 bits per heavy atom. The highest BCUT2D eigenvalue weighted by Gasteiger charge is 2.37. The van der Waals surface area contributed by atoms with E-state index in [1.54, 1.807) is 13.0 Å². The Hall–Kier alpha value is -3.90. The van der Waals surface area contributed by atoms with E-state index in [9.17, 15) is 31.1 Å². The monoisotopic (exact) mass is 458 g/mol. The predicted molar refractivity (Wildman–Crippen MR) is 105 cm³/mol. The van der Waals surface area contributed by atoms with Crippen LogP contribution in [0.15, 0.2) is 59.6 Å². The molecule has 0 aliphatic carbocycles. The maximum Gasteiger partial charge on any atom is 0.416 e. The van der Waals surface area contributed by atoms with Crippen molar-refractivity contribution in [2.45, 2.75) is 19.3 Å². The van der Waals surface area contributed by atoms with E-state index < -0.39 is 35.0 Å². The van der Waals surface area contributed by atoms with Crippen LogP contribution in [0.2, 0.25) is 0 Å². The number of allylic oxidation sites excluding steroid dienone is 2. The van der Waals surface area contributed by atoms with Gasteiger partial charge in [-0.1, -0.05) is 6.08 Å². The van der Waals surface area contributed by atoms with Gasteiger partial charge >= 0.3 is 12.4 Å². The van der Waals surface area contributed by atoms with Gasteiger partial charge in [0.1, 0.15) is 6.33 Å². The van der Waals surface area contributed by atoms with Gasteiger partial charge in [0.2, 0.25) is 0 Å². The molecule has 2 rings (SSSR count). The zero-order valence-corrected chi connectivity index (χ0v) is 16.4. The summed E-state index contributed by atoms with van der Waals surface area (Å²) in [6.45, 7) is 4.97. The molecule has 1 aromatic carbocycles. The van der Waals surface area contributed by atoms with Gasteiger partial charge in [-0.15, -0.1) is 5.10 Å². The molecule has 2 aromatic rings. The molecule has 0 saturated heterocycles. The van der Waals surface area contributed by atoms with Crippen LogP contribution in [0.3, 0.4) is 0 Å². The standard InChI is InChI=1S/C19H16F6N6O/c1-3-15(4-6-26-2)28-29-16(32)5-7-31-11-27-17(30-31)12-8-13(18(20,21)22)10-14(9-12)19(23,24)25/h3-11,28H,2H2,1H3,(H,29,32)/b6-4-,7-5-,15-3+. The fraction of sp³-hybridized carbons (Fsp3) is 0.158. The van der Waals surface area contributed by atoms with Gasteiger partial charge in [-0.25, -0.2) is 9.67 Å². The van der Waals surface area contributed by atoms with Crippen molar-refractivity contribution < 1.29 is 31.1 Å². The molecule has 0 atom stereocenters. The van der Waals surface area contributed by atoms with Gasteiger partial charge < -0.3 is 0 Å². The van der Waals surface area contributed by atoms with Crippen molar-refractivity contribution in [2.24, 2.45) is 4.99 Å². The summed E-state index contributed by atoms with van der Waals surface area (Å²) < 4.78 is 79.0. The molecule has 0 unspecified atom stereocenters. The predicted octanol–water partition coefficient (Wildman–Crippen LogP) is 4.19. The van der Waals surface area contributed by atoms with Gasteiger partial charge in [0.05, 0.1) is 16.8 Å². The average molecular weight is 458 g/mol. The average Bonchev–Trinajstić information content (AvgIpc) is 3.20. The lowest BCUT2D eigenvalue weighted by Crippen LogP contribution is -2.35. The minimum Gasteiger partial charge on any atom is -0.299 e. The van der Waals surface area contributed by atoms with Gasteiger partial charge in [-0.3, -0.25) is 20.6 Å². The molecule has 0 bridgehead atoms. The van der Waals surface area contributed by atoms with Crippen LogP contribution in [0.1, 0.15) is 18.1 Å². The van der Waals surface area contributed by atoms with Gasteiger partial charge in [0, 0.05) is 24.0 Å². The van der Waals surface area contributed by atoms with Gasteiger partial charge in [0.15, 0.2) is 5.82 Å². The highest BCUT2D eigenvalue weighted by atomic mass is 19.4. The topological polar surface area (TPSA) is 84.2 Å². The first-order chi connectivity index (χ1) is 14.9. The number of hydrazine groups is 1. The number of hydrogen-bond acceptors (Lipinski definition) is 5. The third-order valence-corrected chi connectivity index (χ3v) is 3.73. The van der Waals surface area contributed by atoms with Crippen molar-refractivity contribution in [3.63, 3.8) is 0 Å². The lowest BCUT2D eigenvalue weighted by Gasteiger charge is -2.13. The van der Waals surface area contributed by atoms with Crippen molar-refractivity contribution in [3.8, 4) is 11.4 Å². The SMILES string of the molecule is C=N/C=C\C(=C/C)NNC(=O)/C=C\n1cnc(-c2cc(C(F)(F)F)cc(C(F)(F)F)c2)n1. The number of carbonyl (C=O) groups excluding carboxylic acids is 1. The number of nitrogens with one attached hydrogen (secondary N) is 2. The number of alkyl halides is 6. The van der Waals surface area contributed by atoms with Crippen LogP contribution in [0.5, 0.6) is 0 Å². The highest BCUT2D eigenvalue weighted by molar-refractivity contribution is 5.89. The second-order valence-corrected chi connectivity index (χ2v) is 6.02. The summed E-state index contributed by atoms with van der Waals surface area (Å²) in [5.74, 6) is -1.01. The zero-order valence-electron chi connectivity index (χ0n) is 16.4. The summed E-state index contributed by atoms with van der Waals surface area (Å²) in [6.07, 6.45) is -2.28. The van der Waals surface area contributed by atoms with E-state index in [0.29, 0.717) is 17.8 Å². The fourth-order valence-corrected chi connectivity index (χ4v) is 2.23. The Balaban J connectivity index is 2.19. The molecule has 0 saturated carbocycles. The summed E-state index contributed by atoms with van der Waals surface area (Å²) in [5, 5.41) is 3.79. The molecule has 1 amide bonds. The number of hydrogen-bond donors (Lipinski definition) is 2. The Morgan fingerprint density at radius 3 is 2.22 bits per heavy atom. The molecule has 0 aliphatic rings. The van der Waals surface area contributed by atoms with Gasteiger partial charge in [-0.2, -0.15) is 26.3 Å². The summed E-state index contributed by atoms with van der Waals surface area (Å²) in [6, 6.07) is 1.04. The smallest absolute Gasteiger partial charge is 0.299 e. The molecule has 0 aliphatic heterocycles. The Kier molecular flexibility index (Phi) is 7.57. The lowest BCUT2D eigenvalue weighted by atomic mass is 10.0. The number of aromatic nitrogens is 3. The van der Waals surface area contributed by atoms with Crippen molar-refractivity contribution in [2.75, 3.05) is 0 Å². The molecule has 1 aromatic heterocycles. The quantitative estimate of drug-likeness (QED) is 0.214. The van der Waals surface area contributed by atoms with Crippen LogP contribution in [0.4, 0.5) is 26.3 Å². The van der Waals surface area contributed by atoms with E-state index in [-0.39, 0.29) is 11.9 Å². The molecule has 170 valence electrons. The third kappa shape index (κ3) is 6.82. The summed E-state index contributed by atoms with van der Waals surface area (Å²) >= 11 is 0. The summed E-state index contributed by atoms with van der Waals surface area (Å²) in [4.78, 5) is 19.1. The Bertz CT molecular complexity index is 1030. The fourth-order valence-electron chi connectivity index (χ4n) is 2.23. The highest BCUT2D eigenvalue weighted by Crippen LogP contribution is 2.37. The number of rotatable bonds is 7. The zero-order chi connectivity index (χ0) is 23.9. The van der Waals surface area contributed by atoms with E-state index in [1.807, 2.05) is 0 Å². The molecular weight excluding hydrogens is 442 g/mol. The molecule has 1 heterocycles. The van der Waals surface area contributed by atoms with E-state index in [1.165, 1.54) is 12.3 Å². The molecule has 7 nitrogen and oxygen atoms in total. The Labute approximate surface area is 177 Å². The van der Waals surface area contributed by atoms with E-state index >= 15 is 0 Å². The van der Waals surface area contributed by atoms with Crippen LogP contribution in [0, 0.1) is 0 Å². The maximum atomic E-state index is 13.0. The lowest BCUT2D eigenvalue weighted by molar-refractivity contribution is -0.143. The minimum absolute atomic E-state index is 0.0110. The molecule has 2 N–H and O–H groups in total. The Morgan fingerprint density at radius 1 is 1.06 bits per heavy atom. The molecule has 13 heteroatoms. The number of benzene rings is 1. The second kappa shape index (κ2) is 9.94. The molecule has 0 radical (unpaired) electrons. The number of nitrogens with zero attached hydrogens (tertiary/aromatic N) is 4. The van der Waals surface area contributed by atoms with Crippen molar-refractivity contribution in [1.29, 1.82) is 0 Å². The van der Waals surface area contributed by atoms with E-state index in [4.69, 9.17) is 0 Å². The van der Waals surface area contributed by atoms with E-state index in [0.717, 1.165) is 23.3 Å². The van der Waals surface area contributed by atoms with Crippen molar-refractivity contribution in [3.05, 3.63) is 65.8 Å². The number of halogens is 6. The first kappa shape index (κ1) is 24.4. The summed E-state index contributed by atoms with van der Waals surface area (Å²) in [5.41, 5.74) is 1.97. The van der Waals surface area contributed by atoms with Gasteiger partial charge in [-0.05, 0) is 37.9 Å².